The van der Waals surface area contributed by atoms with Crippen LogP contribution in [0.4, 0.5) is 5.69 Å². The van der Waals surface area contributed by atoms with Crippen LogP contribution in [0.1, 0.15) is 35.7 Å². The number of fused-ring (bicyclic) bond motifs is 1. The van der Waals surface area contributed by atoms with Crippen molar-refractivity contribution in [2.24, 2.45) is 0 Å². The summed E-state index contributed by atoms with van der Waals surface area (Å²) in [6.07, 6.45) is 2.52. The second kappa shape index (κ2) is 10.5. The average molecular weight is 487 g/mol. The Balaban J connectivity index is 1.22. The molecular weight excluding hydrogens is 452 g/mol. The maximum absolute atomic E-state index is 13.4. The van der Waals surface area contributed by atoms with Crippen molar-refractivity contribution in [2.75, 3.05) is 44.7 Å². The molecule has 188 valence electrons. The van der Waals surface area contributed by atoms with E-state index in [1.54, 1.807) is 7.11 Å². The van der Waals surface area contributed by atoms with Gasteiger partial charge in [0.25, 0.3) is 0 Å². The SMILES string of the molecule is COc1cccc(C2c3cccn3CCN2C(=O)CCC(=O)N2CCN(c3ccccc3C)CC2)c1. The fourth-order valence-corrected chi connectivity index (χ4v) is 5.44. The summed E-state index contributed by atoms with van der Waals surface area (Å²) in [7, 11) is 1.65. The predicted octanol–water partition coefficient (Wildman–Crippen LogP) is 3.87. The topological polar surface area (TPSA) is 58.0 Å². The lowest BCUT2D eigenvalue weighted by atomic mass is 9.99. The summed E-state index contributed by atoms with van der Waals surface area (Å²) in [4.78, 5) is 32.6. The number of hydrogen-bond acceptors (Lipinski definition) is 4. The molecule has 1 fully saturated rings. The number of aryl methyl sites for hydroxylation is 1. The molecule has 0 saturated carbocycles. The molecule has 0 bridgehead atoms. The van der Waals surface area contributed by atoms with Gasteiger partial charge in [-0.3, -0.25) is 9.59 Å². The Morgan fingerprint density at radius 3 is 2.42 bits per heavy atom. The van der Waals surface area contributed by atoms with E-state index in [2.05, 4.69) is 46.9 Å². The van der Waals surface area contributed by atoms with Crippen LogP contribution < -0.4 is 9.64 Å². The molecule has 1 aromatic heterocycles. The van der Waals surface area contributed by atoms with E-state index >= 15 is 0 Å². The van der Waals surface area contributed by atoms with Gasteiger partial charge in [-0.1, -0.05) is 30.3 Å². The van der Waals surface area contributed by atoms with Crippen molar-refractivity contribution in [3.8, 4) is 5.75 Å². The highest BCUT2D eigenvalue weighted by molar-refractivity contribution is 5.84. The first-order valence-corrected chi connectivity index (χ1v) is 12.7. The highest BCUT2D eigenvalue weighted by Gasteiger charge is 2.33. The Labute approximate surface area is 212 Å². The van der Waals surface area contributed by atoms with Crippen molar-refractivity contribution in [1.82, 2.24) is 14.4 Å². The first kappa shape index (κ1) is 24.0. The second-order valence-corrected chi connectivity index (χ2v) is 9.55. The zero-order chi connectivity index (χ0) is 25.1. The average Bonchev–Trinajstić information content (AvgIpc) is 3.40. The van der Waals surface area contributed by atoms with Crippen LogP contribution in [0.15, 0.2) is 66.9 Å². The van der Waals surface area contributed by atoms with Gasteiger partial charge in [0.05, 0.1) is 13.2 Å². The molecule has 3 aromatic rings. The molecule has 2 aromatic carbocycles. The summed E-state index contributed by atoms with van der Waals surface area (Å²) < 4.78 is 7.64. The largest absolute Gasteiger partial charge is 0.497 e. The number of hydrogen-bond donors (Lipinski definition) is 0. The van der Waals surface area contributed by atoms with Crippen molar-refractivity contribution < 1.29 is 14.3 Å². The summed E-state index contributed by atoms with van der Waals surface area (Å²) in [6.45, 7) is 6.48. The number of carbonyl (C=O) groups excluding carboxylic acids is 2. The number of amides is 2. The number of carbonyl (C=O) groups is 2. The number of benzene rings is 2. The lowest BCUT2D eigenvalue weighted by Gasteiger charge is -2.38. The molecule has 36 heavy (non-hydrogen) atoms. The van der Waals surface area contributed by atoms with E-state index in [9.17, 15) is 9.59 Å². The number of ether oxygens (including phenoxy) is 1. The third-order valence-corrected chi connectivity index (χ3v) is 7.41. The van der Waals surface area contributed by atoms with E-state index in [1.165, 1.54) is 11.3 Å². The fraction of sp³-hybridized carbons (Fsp3) is 0.379. The molecule has 7 heteroatoms. The molecule has 2 aliphatic heterocycles. The monoisotopic (exact) mass is 486 g/mol. The minimum Gasteiger partial charge on any atom is -0.497 e. The maximum atomic E-state index is 13.4. The molecular formula is C29H34N4O3. The number of rotatable bonds is 6. The third kappa shape index (κ3) is 4.83. The summed E-state index contributed by atoms with van der Waals surface area (Å²) in [5, 5.41) is 0. The molecule has 0 spiro atoms. The van der Waals surface area contributed by atoms with Gasteiger partial charge >= 0.3 is 0 Å². The van der Waals surface area contributed by atoms with Crippen LogP contribution in [0.25, 0.3) is 0 Å². The van der Waals surface area contributed by atoms with Crippen LogP contribution in [0, 0.1) is 6.92 Å². The zero-order valence-electron chi connectivity index (χ0n) is 21.1. The summed E-state index contributed by atoms with van der Waals surface area (Å²) in [5.41, 5.74) is 4.59. The summed E-state index contributed by atoms with van der Waals surface area (Å²) in [6, 6.07) is 20.2. The zero-order valence-corrected chi connectivity index (χ0v) is 21.1. The number of anilines is 1. The number of aromatic nitrogens is 1. The smallest absolute Gasteiger partial charge is 0.223 e. The Hall–Kier alpha value is -3.74. The highest BCUT2D eigenvalue weighted by Crippen LogP contribution is 2.34. The van der Waals surface area contributed by atoms with Gasteiger partial charge < -0.3 is 24.0 Å². The van der Waals surface area contributed by atoms with Crippen LogP contribution in [0.3, 0.4) is 0 Å². The minimum absolute atomic E-state index is 0.0159. The molecule has 1 saturated heterocycles. The number of nitrogens with zero attached hydrogens (tertiary/aromatic N) is 4. The molecule has 5 rings (SSSR count). The van der Waals surface area contributed by atoms with E-state index in [0.717, 1.165) is 36.6 Å². The summed E-state index contributed by atoms with van der Waals surface area (Å²) >= 11 is 0. The lowest BCUT2D eigenvalue weighted by Crippen LogP contribution is -2.49. The predicted molar refractivity (Wildman–Crippen MR) is 140 cm³/mol. The highest BCUT2D eigenvalue weighted by atomic mass is 16.5. The van der Waals surface area contributed by atoms with Crippen LogP contribution >= 0.6 is 0 Å². The fourth-order valence-electron chi connectivity index (χ4n) is 5.44. The molecule has 0 N–H and O–H groups in total. The van der Waals surface area contributed by atoms with Crippen LogP contribution in [0.5, 0.6) is 5.75 Å². The van der Waals surface area contributed by atoms with Gasteiger partial charge in [0, 0.05) is 69.7 Å². The first-order chi connectivity index (χ1) is 17.5. The maximum Gasteiger partial charge on any atom is 0.223 e. The number of methoxy groups -OCH3 is 1. The van der Waals surface area contributed by atoms with Crippen molar-refractivity contribution in [2.45, 2.75) is 32.4 Å². The Kier molecular flexibility index (Phi) is 6.98. The normalized spacial score (nSPS) is 17.6. The van der Waals surface area contributed by atoms with E-state index in [4.69, 9.17) is 4.74 Å². The number of piperazine rings is 1. The van der Waals surface area contributed by atoms with Gasteiger partial charge in [-0.05, 0) is 48.4 Å². The number of para-hydroxylation sites is 1. The molecule has 2 aliphatic rings. The Morgan fingerprint density at radius 1 is 0.861 bits per heavy atom. The van der Waals surface area contributed by atoms with Crippen molar-refractivity contribution in [3.63, 3.8) is 0 Å². The van der Waals surface area contributed by atoms with Crippen LogP contribution in [-0.4, -0.2) is 66.0 Å². The van der Waals surface area contributed by atoms with E-state index in [-0.39, 0.29) is 30.7 Å². The molecule has 7 nitrogen and oxygen atoms in total. The van der Waals surface area contributed by atoms with E-state index in [1.807, 2.05) is 46.2 Å². The first-order valence-electron chi connectivity index (χ1n) is 12.7. The Morgan fingerprint density at radius 2 is 1.64 bits per heavy atom. The molecule has 1 unspecified atom stereocenters. The van der Waals surface area contributed by atoms with Crippen molar-refractivity contribution in [3.05, 3.63) is 83.7 Å². The Bertz CT molecular complexity index is 1230. The van der Waals surface area contributed by atoms with E-state index < -0.39 is 0 Å². The molecule has 0 radical (unpaired) electrons. The molecule has 1 atom stereocenters. The van der Waals surface area contributed by atoms with Gasteiger partial charge in [0.1, 0.15) is 5.75 Å². The van der Waals surface area contributed by atoms with Gasteiger partial charge in [-0.15, -0.1) is 0 Å². The van der Waals surface area contributed by atoms with Crippen LogP contribution in [-0.2, 0) is 16.1 Å². The van der Waals surface area contributed by atoms with Gasteiger partial charge in [0.2, 0.25) is 11.8 Å². The van der Waals surface area contributed by atoms with Gasteiger partial charge in [-0.25, -0.2) is 0 Å². The lowest BCUT2D eigenvalue weighted by molar-refractivity contribution is -0.138. The van der Waals surface area contributed by atoms with Crippen molar-refractivity contribution in [1.29, 1.82) is 0 Å². The second-order valence-electron chi connectivity index (χ2n) is 9.55. The summed E-state index contributed by atoms with van der Waals surface area (Å²) in [5.74, 6) is 0.844. The molecule has 3 heterocycles. The molecule has 2 amide bonds. The van der Waals surface area contributed by atoms with Crippen molar-refractivity contribution >= 4 is 17.5 Å². The minimum atomic E-state index is -0.191. The quantitative estimate of drug-likeness (QED) is 0.531. The third-order valence-electron chi connectivity index (χ3n) is 7.41. The van der Waals surface area contributed by atoms with Gasteiger partial charge in [0.15, 0.2) is 0 Å². The van der Waals surface area contributed by atoms with Crippen LogP contribution in [0.2, 0.25) is 0 Å². The standard InChI is InChI=1S/C29H34N4O3/c1-22-7-3-4-10-25(22)31-15-17-32(18-16-31)27(34)12-13-28(35)33-20-19-30-14-6-11-26(30)29(33)23-8-5-9-24(21-23)36-2/h3-11,14,21,29H,12-13,15-20H2,1-2H3. The van der Waals surface area contributed by atoms with E-state index in [0.29, 0.717) is 19.6 Å². The molecule has 0 aliphatic carbocycles. The van der Waals surface area contributed by atoms with Gasteiger partial charge in [-0.2, -0.15) is 0 Å².